The Kier molecular flexibility index (Phi) is 4.04. The van der Waals surface area contributed by atoms with Crippen LogP contribution in [0.2, 0.25) is 0 Å². The maximum Gasteiger partial charge on any atom is 0.151 e. The minimum Gasteiger partial charge on any atom is -0.329 e. The molecule has 0 spiro atoms. The van der Waals surface area contributed by atoms with E-state index in [9.17, 15) is 8.42 Å². The van der Waals surface area contributed by atoms with Gasteiger partial charge >= 0.3 is 0 Å². The van der Waals surface area contributed by atoms with Gasteiger partial charge in [0.05, 0.1) is 11.5 Å². The number of likely N-dealkylation sites (N-methyl/N-ethyl adjacent to an activating group) is 1. The molecule has 0 amide bonds. The quantitative estimate of drug-likeness (QED) is 0.813. The van der Waals surface area contributed by atoms with Crippen molar-refractivity contribution in [1.82, 2.24) is 4.90 Å². The zero-order valence-corrected chi connectivity index (χ0v) is 12.4. The molecule has 5 heteroatoms. The van der Waals surface area contributed by atoms with Gasteiger partial charge in [0.2, 0.25) is 0 Å². The van der Waals surface area contributed by atoms with E-state index in [0.29, 0.717) is 18.1 Å². The lowest BCUT2D eigenvalue weighted by atomic mass is 9.75. The Labute approximate surface area is 111 Å². The highest BCUT2D eigenvalue weighted by Crippen LogP contribution is 2.36. The summed E-state index contributed by atoms with van der Waals surface area (Å²) in [5.74, 6) is 1.44. The first-order valence-corrected chi connectivity index (χ1v) is 8.82. The summed E-state index contributed by atoms with van der Waals surface area (Å²) < 4.78 is 23.2. The standard InChI is InChI=1S/C13H26N2O2S/c1-13(10-14,8-11-4-3-5-11)15(2)12-6-7-18(16,17)9-12/h11-12H,3-10,14H2,1-2H3. The fourth-order valence-electron chi connectivity index (χ4n) is 3.21. The number of hydrogen-bond donors (Lipinski definition) is 1. The molecule has 2 N–H and O–H groups in total. The van der Waals surface area contributed by atoms with Crippen molar-refractivity contribution in [3.8, 4) is 0 Å². The molecule has 4 nitrogen and oxygen atoms in total. The van der Waals surface area contributed by atoms with Crippen molar-refractivity contribution < 1.29 is 8.42 Å². The van der Waals surface area contributed by atoms with Crippen molar-refractivity contribution in [2.75, 3.05) is 25.1 Å². The van der Waals surface area contributed by atoms with Gasteiger partial charge in [-0.3, -0.25) is 4.90 Å². The van der Waals surface area contributed by atoms with Gasteiger partial charge in [-0.25, -0.2) is 8.42 Å². The first kappa shape index (κ1) is 14.3. The van der Waals surface area contributed by atoms with E-state index in [-0.39, 0.29) is 11.6 Å². The van der Waals surface area contributed by atoms with Crippen molar-refractivity contribution in [1.29, 1.82) is 0 Å². The average Bonchev–Trinajstić information content (AvgIpc) is 2.63. The molecule has 0 radical (unpaired) electrons. The topological polar surface area (TPSA) is 63.4 Å². The number of sulfone groups is 1. The van der Waals surface area contributed by atoms with E-state index in [1.165, 1.54) is 19.3 Å². The molecule has 1 saturated heterocycles. The highest BCUT2D eigenvalue weighted by Gasteiger charge is 2.40. The Balaban J connectivity index is 2.02. The summed E-state index contributed by atoms with van der Waals surface area (Å²) in [5.41, 5.74) is 5.93. The lowest BCUT2D eigenvalue weighted by Crippen LogP contribution is -2.55. The van der Waals surface area contributed by atoms with Crippen LogP contribution in [0.25, 0.3) is 0 Å². The van der Waals surface area contributed by atoms with Crippen LogP contribution in [0.4, 0.5) is 0 Å². The minimum absolute atomic E-state index is 0.0460. The van der Waals surface area contributed by atoms with E-state index in [1.54, 1.807) is 0 Å². The third-order valence-corrected chi connectivity index (χ3v) is 6.75. The summed E-state index contributed by atoms with van der Waals surface area (Å²) in [5, 5.41) is 0. The van der Waals surface area contributed by atoms with Gasteiger partial charge in [-0.15, -0.1) is 0 Å². The van der Waals surface area contributed by atoms with Crippen LogP contribution in [0.15, 0.2) is 0 Å². The van der Waals surface area contributed by atoms with E-state index in [2.05, 4.69) is 18.9 Å². The van der Waals surface area contributed by atoms with E-state index in [4.69, 9.17) is 5.73 Å². The summed E-state index contributed by atoms with van der Waals surface area (Å²) in [6.45, 7) is 2.80. The molecular formula is C13H26N2O2S. The first-order chi connectivity index (χ1) is 8.36. The maximum absolute atomic E-state index is 11.6. The third kappa shape index (κ3) is 2.89. The Hall–Kier alpha value is -0.130. The molecule has 1 aliphatic carbocycles. The van der Waals surface area contributed by atoms with Crippen molar-refractivity contribution in [2.45, 2.75) is 50.6 Å². The molecule has 106 valence electrons. The fourth-order valence-corrected chi connectivity index (χ4v) is 4.99. The molecule has 1 heterocycles. The number of nitrogens with zero attached hydrogens (tertiary/aromatic N) is 1. The molecule has 0 aromatic rings. The molecule has 2 unspecified atom stereocenters. The first-order valence-electron chi connectivity index (χ1n) is 7.00. The number of hydrogen-bond acceptors (Lipinski definition) is 4. The summed E-state index contributed by atoms with van der Waals surface area (Å²) in [7, 11) is -0.759. The van der Waals surface area contributed by atoms with Crippen LogP contribution in [0.1, 0.15) is 39.0 Å². The lowest BCUT2D eigenvalue weighted by molar-refractivity contribution is 0.0631. The van der Waals surface area contributed by atoms with E-state index in [0.717, 1.165) is 18.8 Å². The summed E-state index contributed by atoms with van der Waals surface area (Å²) in [6, 6.07) is 0.156. The minimum atomic E-state index is -2.81. The third-order valence-electron chi connectivity index (χ3n) is 5.00. The predicted octanol–water partition coefficient (Wildman–Crippen LogP) is 1.01. The van der Waals surface area contributed by atoms with Gasteiger partial charge in [0.25, 0.3) is 0 Å². The molecule has 2 rings (SSSR count). The van der Waals surface area contributed by atoms with Crippen LogP contribution in [0.5, 0.6) is 0 Å². The maximum atomic E-state index is 11.6. The fraction of sp³-hybridized carbons (Fsp3) is 1.00. The van der Waals surface area contributed by atoms with Crippen molar-refractivity contribution in [3.05, 3.63) is 0 Å². The molecule has 2 aliphatic rings. The van der Waals surface area contributed by atoms with Gasteiger partial charge in [-0.1, -0.05) is 19.3 Å². The Bertz CT molecular complexity index is 392. The second-order valence-corrected chi connectivity index (χ2v) is 8.60. The van der Waals surface area contributed by atoms with Crippen molar-refractivity contribution in [3.63, 3.8) is 0 Å². The molecule has 0 aromatic carbocycles. The van der Waals surface area contributed by atoms with Gasteiger partial charge in [-0.2, -0.15) is 0 Å². The van der Waals surface area contributed by atoms with Gasteiger partial charge < -0.3 is 5.73 Å². The zero-order valence-electron chi connectivity index (χ0n) is 11.6. The second kappa shape index (κ2) is 5.10. The van der Waals surface area contributed by atoms with Gasteiger partial charge in [-0.05, 0) is 32.7 Å². The molecule has 1 aliphatic heterocycles. The number of rotatable bonds is 5. The average molecular weight is 274 g/mol. The van der Waals surface area contributed by atoms with Crippen LogP contribution >= 0.6 is 0 Å². The molecule has 1 saturated carbocycles. The van der Waals surface area contributed by atoms with Crippen LogP contribution in [0, 0.1) is 5.92 Å². The van der Waals surface area contributed by atoms with Gasteiger partial charge in [0.1, 0.15) is 0 Å². The van der Waals surface area contributed by atoms with Gasteiger partial charge in [0.15, 0.2) is 9.84 Å². The second-order valence-electron chi connectivity index (χ2n) is 6.37. The molecule has 0 bridgehead atoms. The summed E-state index contributed by atoms with van der Waals surface area (Å²) in [6.07, 6.45) is 5.83. The van der Waals surface area contributed by atoms with Gasteiger partial charge in [0, 0.05) is 18.1 Å². The highest BCUT2D eigenvalue weighted by molar-refractivity contribution is 7.91. The monoisotopic (exact) mass is 274 g/mol. The predicted molar refractivity (Wildman–Crippen MR) is 74.2 cm³/mol. The van der Waals surface area contributed by atoms with Crippen LogP contribution in [0.3, 0.4) is 0 Å². The molecule has 18 heavy (non-hydrogen) atoms. The zero-order chi connectivity index (χ0) is 13.4. The van der Waals surface area contributed by atoms with Crippen LogP contribution in [-0.2, 0) is 9.84 Å². The summed E-state index contributed by atoms with van der Waals surface area (Å²) in [4.78, 5) is 2.25. The molecule has 2 fully saturated rings. The molecule has 2 atom stereocenters. The Morgan fingerprint density at radius 1 is 1.33 bits per heavy atom. The largest absolute Gasteiger partial charge is 0.329 e. The molecule has 0 aromatic heterocycles. The SMILES string of the molecule is CN(C1CCS(=O)(=O)C1)C(C)(CN)CC1CCC1. The van der Waals surface area contributed by atoms with E-state index < -0.39 is 9.84 Å². The van der Waals surface area contributed by atoms with Crippen molar-refractivity contribution in [2.24, 2.45) is 11.7 Å². The number of nitrogens with two attached hydrogens (primary N) is 1. The van der Waals surface area contributed by atoms with E-state index in [1.807, 2.05) is 0 Å². The normalized spacial score (nSPS) is 31.2. The molecular weight excluding hydrogens is 248 g/mol. The van der Waals surface area contributed by atoms with Crippen molar-refractivity contribution >= 4 is 9.84 Å². The highest BCUT2D eigenvalue weighted by atomic mass is 32.2. The van der Waals surface area contributed by atoms with Crippen LogP contribution in [-0.4, -0.2) is 50.0 Å². The Morgan fingerprint density at radius 2 is 2.00 bits per heavy atom. The lowest BCUT2D eigenvalue weighted by Gasteiger charge is -2.45. The van der Waals surface area contributed by atoms with Crippen LogP contribution < -0.4 is 5.73 Å². The summed E-state index contributed by atoms with van der Waals surface area (Å²) >= 11 is 0. The van der Waals surface area contributed by atoms with E-state index >= 15 is 0 Å². The Morgan fingerprint density at radius 3 is 2.39 bits per heavy atom. The smallest absolute Gasteiger partial charge is 0.151 e.